The van der Waals surface area contributed by atoms with Gasteiger partial charge >= 0.3 is 5.97 Å². The largest absolute Gasteiger partial charge is 0.469 e. The number of carbonyl (C=O) groups excluding carboxylic acids is 1. The Morgan fingerprint density at radius 1 is 0.796 bits per heavy atom. The van der Waals surface area contributed by atoms with Crippen LogP contribution in [0.3, 0.4) is 0 Å². The number of aromatic nitrogens is 4. The van der Waals surface area contributed by atoms with Crippen molar-refractivity contribution in [3.63, 3.8) is 0 Å². The zero-order chi connectivity index (χ0) is 37.9. The molecule has 54 heavy (non-hydrogen) atoms. The molecule has 0 amide bonds. The summed E-state index contributed by atoms with van der Waals surface area (Å²) in [5, 5.41) is 34.7. The fourth-order valence-corrected chi connectivity index (χ4v) is 7.74. The van der Waals surface area contributed by atoms with E-state index in [9.17, 15) is 9.90 Å². The van der Waals surface area contributed by atoms with Gasteiger partial charge in [-0.3, -0.25) is 4.79 Å². The molecule has 1 aromatic heterocycles. The molecule has 282 valence electrons. The summed E-state index contributed by atoms with van der Waals surface area (Å²) in [4.78, 5) is 13.6. The summed E-state index contributed by atoms with van der Waals surface area (Å²) >= 11 is 1.52. The Morgan fingerprint density at radius 3 is 1.98 bits per heavy atom. The van der Waals surface area contributed by atoms with Gasteiger partial charge in [0.15, 0.2) is 5.54 Å². The van der Waals surface area contributed by atoms with Gasteiger partial charge in [-0.1, -0.05) is 166 Å². The van der Waals surface area contributed by atoms with E-state index >= 15 is 0 Å². The fourth-order valence-electron chi connectivity index (χ4n) is 6.65. The quantitative estimate of drug-likeness (QED) is 0.0313. The Bertz CT molecular complexity index is 1790. The average molecular weight is 745 g/mol. The van der Waals surface area contributed by atoms with Gasteiger partial charge in [0.2, 0.25) is 5.82 Å². The number of esters is 1. The maximum Gasteiger partial charge on any atom is 0.306 e. The van der Waals surface area contributed by atoms with Crippen molar-refractivity contribution in [3.8, 4) is 11.4 Å². The van der Waals surface area contributed by atoms with Crippen molar-refractivity contribution in [1.29, 1.82) is 0 Å². The van der Waals surface area contributed by atoms with E-state index in [1.165, 1.54) is 44.6 Å². The summed E-state index contributed by atoms with van der Waals surface area (Å²) in [6, 6.07) is 38.3. The molecule has 5 aromatic rings. The molecule has 0 radical (unpaired) electrons. The summed E-state index contributed by atoms with van der Waals surface area (Å²) in [7, 11) is 1.39. The van der Waals surface area contributed by atoms with E-state index in [0.717, 1.165) is 47.9 Å². The van der Waals surface area contributed by atoms with Crippen LogP contribution in [0.4, 0.5) is 0 Å². The van der Waals surface area contributed by atoms with Crippen LogP contribution in [0, 0.1) is 0 Å². The Morgan fingerprint density at radius 2 is 1.39 bits per heavy atom. The Balaban J connectivity index is 1.37. The number of thioether (sulfide) groups is 1. The molecule has 1 heterocycles. The summed E-state index contributed by atoms with van der Waals surface area (Å²) in [6.07, 6.45) is 16.6. The second kappa shape index (κ2) is 21.8. The van der Waals surface area contributed by atoms with Gasteiger partial charge in [-0.2, -0.15) is 11.8 Å². The molecule has 0 aliphatic carbocycles. The third-order valence-electron chi connectivity index (χ3n) is 9.51. The van der Waals surface area contributed by atoms with E-state index in [1.807, 2.05) is 97.1 Å². The van der Waals surface area contributed by atoms with Gasteiger partial charge in [0.05, 0.1) is 24.9 Å². The van der Waals surface area contributed by atoms with Crippen LogP contribution in [0.1, 0.15) is 86.1 Å². The van der Waals surface area contributed by atoms with E-state index < -0.39 is 11.6 Å². The van der Waals surface area contributed by atoms with Gasteiger partial charge in [0.1, 0.15) is 0 Å². The maximum atomic E-state index is 11.9. The Kier molecular flexibility index (Phi) is 16.3. The number of nitrogens with zero attached hydrogens (tertiary/aromatic N) is 4. The molecular formula is C45H52N4O4S. The first-order valence-corrected chi connectivity index (χ1v) is 20.0. The number of hydrogen-bond donors (Lipinski definition) is 2. The predicted octanol–water partition coefficient (Wildman–Crippen LogP) is 9.10. The van der Waals surface area contributed by atoms with Crippen molar-refractivity contribution in [2.45, 2.75) is 74.7 Å². The lowest BCUT2D eigenvalue weighted by atomic mass is 9.77. The van der Waals surface area contributed by atoms with Crippen LogP contribution >= 0.6 is 11.8 Å². The van der Waals surface area contributed by atoms with Gasteiger partial charge in [-0.05, 0) is 52.8 Å². The number of allylic oxidation sites excluding steroid dienone is 3. The lowest BCUT2D eigenvalue weighted by Crippen LogP contribution is -2.39. The zero-order valence-electron chi connectivity index (χ0n) is 31.1. The lowest BCUT2D eigenvalue weighted by Gasteiger charge is -2.34. The second-order valence-corrected chi connectivity index (χ2v) is 14.5. The minimum atomic E-state index is -0.896. The second-order valence-electron chi connectivity index (χ2n) is 13.2. The van der Waals surface area contributed by atoms with Gasteiger partial charge in [-0.15, -0.1) is 15.0 Å². The molecule has 8 nitrogen and oxygen atoms in total. The SMILES string of the molecule is COC(=O)CCS[C@H](/C=C/C=C\CCCCCCCCCO)[C@@H](O)c1cccc(-c2nnn(C(c3ccccc3)(c3ccccc3)c3ccccc3)n2)c1. The molecule has 0 fully saturated rings. The molecule has 0 unspecified atom stereocenters. The highest BCUT2D eigenvalue weighted by Crippen LogP contribution is 2.40. The molecule has 0 bridgehead atoms. The zero-order valence-corrected chi connectivity index (χ0v) is 31.9. The third-order valence-corrected chi connectivity index (χ3v) is 10.7. The predicted molar refractivity (Wildman–Crippen MR) is 218 cm³/mol. The van der Waals surface area contributed by atoms with E-state index in [-0.39, 0.29) is 24.2 Å². The van der Waals surface area contributed by atoms with Crippen LogP contribution in [-0.2, 0) is 15.1 Å². The van der Waals surface area contributed by atoms with Gasteiger partial charge in [0, 0.05) is 17.9 Å². The molecule has 2 N–H and O–H groups in total. The van der Waals surface area contributed by atoms with E-state index in [1.54, 1.807) is 4.80 Å². The van der Waals surface area contributed by atoms with Crippen LogP contribution in [0.2, 0.25) is 0 Å². The Hall–Kier alpha value is -4.83. The summed E-state index contributed by atoms with van der Waals surface area (Å²) < 4.78 is 4.85. The first-order chi connectivity index (χ1) is 26.6. The Labute approximate surface area is 324 Å². The lowest BCUT2D eigenvalue weighted by molar-refractivity contribution is -0.140. The highest BCUT2D eigenvalue weighted by atomic mass is 32.2. The van der Waals surface area contributed by atoms with Gasteiger partial charge < -0.3 is 14.9 Å². The van der Waals surface area contributed by atoms with Crippen molar-refractivity contribution in [2.24, 2.45) is 0 Å². The van der Waals surface area contributed by atoms with Crippen LogP contribution in [0.25, 0.3) is 11.4 Å². The number of tetrazole rings is 1. The maximum absolute atomic E-state index is 11.9. The molecule has 4 aromatic carbocycles. The first kappa shape index (κ1) is 40.4. The molecule has 9 heteroatoms. The van der Waals surface area contributed by atoms with Crippen LogP contribution in [0.15, 0.2) is 140 Å². The van der Waals surface area contributed by atoms with Crippen molar-refractivity contribution in [3.05, 3.63) is 162 Å². The standard InChI is InChI=1S/C45H52N4O4S/c1-53-42(51)32-34-54-41(31-20-9-7-5-3-2-4-6-8-10-21-33-50)43(52)36-23-22-24-37(35-36)44-46-48-49(47-44)45(38-25-14-11-15-26-38,39-27-16-12-17-28-39)40-29-18-13-19-30-40/h7,9,11-20,22-31,35,41,43,50,52H,2-6,8,10,21,32-34H2,1H3/b9-7-,31-20+/t41-,43+/m1/s1. The number of ether oxygens (including phenoxy) is 1. The van der Waals surface area contributed by atoms with E-state index in [2.05, 4.69) is 52.8 Å². The molecule has 5 rings (SSSR count). The normalized spacial score (nSPS) is 13.0. The molecule has 0 spiro atoms. The highest BCUT2D eigenvalue weighted by molar-refractivity contribution is 8.00. The van der Waals surface area contributed by atoms with Crippen molar-refractivity contribution >= 4 is 17.7 Å². The average Bonchev–Trinajstić information content (AvgIpc) is 3.72. The molecular weight excluding hydrogens is 693 g/mol. The highest BCUT2D eigenvalue weighted by Gasteiger charge is 2.41. The molecule has 0 saturated heterocycles. The van der Waals surface area contributed by atoms with Gasteiger partial charge in [-0.25, -0.2) is 0 Å². The van der Waals surface area contributed by atoms with Crippen LogP contribution in [-0.4, -0.2) is 61.1 Å². The summed E-state index contributed by atoms with van der Waals surface area (Å²) in [5.41, 5.74) is 3.53. The molecule has 0 aliphatic heterocycles. The van der Waals surface area contributed by atoms with E-state index in [4.69, 9.17) is 14.9 Å². The number of aliphatic hydroxyl groups is 2. The summed E-state index contributed by atoms with van der Waals surface area (Å²) in [5.74, 6) is 0.674. The number of aliphatic hydroxyl groups excluding tert-OH is 2. The van der Waals surface area contributed by atoms with E-state index in [0.29, 0.717) is 17.1 Å². The number of methoxy groups -OCH3 is 1. The fraction of sp³-hybridized carbons (Fsp3) is 0.333. The number of hydrogen-bond acceptors (Lipinski definition) is 8. The number of carbonyl (C=O) groups is 1. The third kappa shape index (κ3) is 10.9. The summed E-state index contributed by atoms with van der Waals surface area (Å²) in [6.45, 7) is 0.287. The molecule has 2 atom stereocenters. The van der Waals surface area contributed by atoms with Gasteiger partial charge in [0.25, 0.3) is 0 Å². The molecule has 0 aliphatic rings. The first-order valence-electron chi connectivity index (χ1n) is 19.0. The van der Waals surface area contributed by atoms with Crippen molar-refractivity contribution in [1.82, 2.24) is 20.2 Å². The van der Waals surface area contributed by atoms with Crippen molar-refractivity contribution in [2.75, 3.05) is 19.5 Å². The number of rotatable bonds is 22. The monoisotopic (exact) mass is 744 g/mol. The van der Waals surface area contributed by atoms with Crippen LogP contribution < -0.4 is 0 Å². The topological polar surface area (TPSA) is 110 Å². The minimum Gasteiger partial charge on any atom is -0.469 e. The number of unbranched alkanes of at least 4 members (excludes halogenated alkanes) is 7. The minimum absolute atomic E-state index is 0.257. The van der Waals surface area contributed by atoms with Crippen molar-refractivity contribution < 1.29 is 19.7 Å². The van der Waals surface area contributed by atoms with Crippen LogP contribution in [0.5, 0.6) is 0 Å². The smallest absolute Gasteiger partial charge is 0.306 e. The molecule has 0 saturated carbocycles. The number of benzene rings is 4.